The van der Waals surface area contributed by atoms with Gasteiger partial charge in [0.25, 0.3) is 0 Å². The van der Waals surface area contributed by atoms with E-state index in [1.807, 2.05) is 42.5 Å². The van der Waals surface area contributed by atoms with Crippen LogP contribution in [-0.2, 0) is 11.3 Å². The molecule has 180 valence electrons. The molecule has 2 aliphatic rings. The van der Waals surface area contributed by atoms with Gasteiger partial charge in [-0.2, -0.15) is 0 Å². The molecule has 0 N–H and O–H groups in total. The second kappa shape index (κ2) is 10.2. The molecule has 0 saturated carbocycles. The summed E-state index contributed by atoms with van der Waals surface area (Å²) in [7, 11) is 0. The molecule has 1 spiro atoms. The Morgan fingerprint density at radius 3 is 2.03 bits per heavy atom. The van der Waals surface area contributed by atoms with Crippen molar-refractivity contribution in [3.63, 3.8) is 0 Å². The maximum absolute atomic E-state index is 13.6. The lowest BCUT2D eigenvalue weighted by Gasteiger charge is -2.46. The highest BCUT2D eigenvalue weighted by Crippen LogP contribution is 2.41. The average Bonchev–Trinajstić information content (AvgIpc) is 2.94. The number of rotatable bonds is 3. The molecule has 7 heteroatoms. The monoisotopic (exact) mass is 505 g/mol. The third-order valence-corrected chi connectivity index (χ3v) is 7.20. The first-order chi connectivity index (χ1) is 15.9. The van der Waals surface area contributed by atoms with Crippen molar-refractivity contribution in [1.29, 1.82) is 0 Å². The van der Waals surface area contributed by atoms with Crippen molar-refractivity contribution in [2.75, 3.05) is 13.1 Å². The fourth-order valence-corrected chi connectivity index (χ4v) is 5.22. The first-order valence-electron chi connectivity index (χ1n) is 11.3. The van der Waals surface area contributed by atoms with E-state index in [1.165, 1.54) is 24.3 Å². The SMILES string of the molecule is CC1Oc2ccc(Cl)cc2COC12CCN(C(c1ccc(F)cc1)c1ccc(F)cc1)CC2.Cl. The summed E-state index contributed by atoms with van der Waals surface area (Å²) in [6, 6.07) is 18.7. The van der Waals surface area contributed by atoms with E-state index < -0.39 is 5.60 Å². The summed E-state index contributed by atoms with van der Waals surface area (Å²) in [4.78, 5) is 2.36. The van der Waals surface area contributed by atoms with Crippen LogP contribution >= 0.6 is 24.0 Å². The van der Waals surface area contributed by atoms with Gasteiger partial charge in [-0.05, 0) is 73.4 Å². The summed E-state index contributed by atoms with van der Waals surface area (Å²) < 4.78 is 40.0. The molecule has 5 rings (SSSR count). The Bertz CT molecular complexity index is 1070. The molecule has 1 fully saturated rings. The van der Waals surface area contributed by atoms with Crippen LogP contribution in [0.5, 0.6) is 5.75 Å². The first-order valence-corrected chi connectivity index (χ1v) is 11.7. The molecule has 2 aliphatic heterocycles. The van der Waals surface area contributed by atoms with Crippen LogP contribution in [0.1, 0.15) is 42.5 Å². The van der Waals surface area contributed by atoms with Crippen molar-refractivity contribution in [1.82, 2.24) is 4.90 Å². The standard InChI is InChI=1S/C27H26ClF2NO2.ClH/c1-18-27(32-17-21-16-22(28)6-11-25(21)33-18)12-14-31(15-13-27)26(19-2-7-23(29)8-3-19)20-4-9-24(30)10-5-20;/h2-11,16,18,26H,12-15,17H2,1H3;1H. The minimum Gasteiger partial charge on any atom is -0.487 e. The second-order valence-electron chi connectivity index (χ2n) is 8.91. The van der Waals surface area contributed by atoms with E-state index in [4.69, 9.17) is 21.1 Å². The van der Waals surface area contributed by atoms with Crippen molar-refractivity contribution >= 4 is 24.0 Å². The Balaban J connectivity index is 0.00000274. The van der Waals surface area contributed by atoms with Crippen molar-refractivity contribution in [2.45, 2.75) is 44.1 Å². The number of hydrogen-bond acceptors (Lipinski definition) is 3. The van der Waals surface area contributed by atoms with Gasteiger partial charge < -0.3 is 9.47 Å². The Morgan fingerprint density at radius 1 is 0.912 bits per heavy atom. The van der Waals surface area contributed by atoms with Crippen molar-refractivity contribution in [2.24, 2.45) is 0 Å². The zero-order valence-electron chi connectivity index (χ0n) is 18.8. The van der Waals surface area contributed by atoms with E-state index in [2.05, 4.69) is 11.8 Å². The van der Waals surface area contributed by atoms with Crippen molar-refractivity contribution in [3.8, 4) is 5.75 Å². The van der Waals surface area contributed by atoms with E-state index in [1.54, 1.807) is 0 Å². The Morgan fingerprint density at radius 2 is 1.47 bits per heavy atom. The predicted octanol–water partition coefficient (Wildman–Crippen LogP) is 6.96. The number of benzene rings is 3. The number of nitrogens with zero attached hydrogens (tertiary/aromatic N) is 1. The molecule has 0 aliphatic carbocycles. The summed E-state index contributed by atoms with van der Waals surface area (Å²) in [5.74, 6) is 0.278. The van der Waals surface area contributed by atoms with E-state index in [-0.39, 0.29) is 36.2 Å². The van der Waals surface area contributed by atoms with Crippen molar-refractivity contribution < 1.29 is 18.3 Å². The van der Waals surface area contributed by atoms with E-state index >= 15 is 0 Å². The van der Waals surface area contributed by atoms with Crippen LogP contribution in [-0.4, -0.2) is 29.7 Å². The Labute approximate surface area is 210 Å². The zero-order valence-corrected chi connectivity index (χ0v) is 20.4. The van der Waals surface area contributed by atoms with Gasteiger partial charge in [0.2, 0.25) is 0 Å². The molecule has 3 nitrogen and oxygen atoms in total. The van der Waals surface area contributed by atoms with Crippen LogP contribution in [0.4, 0.5) is 8.78 Å². The third kappa shape index (κ3) is 4.94. The molecule has 1 unspecified atom stereocenters. The molecule has 0 amide bonds. The maximum Gasteiger partial charge on any atom is 0.125 e. The summed E-state index contributed by atoms with van der Waals surface area (Å²) in [6.07, 6.45) is 1.46. The van der Waals surface area contributed by atoms with Crippen LogP contribution in [0, 0.1) is 11.6 Å². The highest BCUT2D eigenvalue weighted by Gasteiger charge is 2.45. The fourth-order valence-electron chi connectivity index (χ4n) is 5.03. The topological polar surface area (TPSA) is 21.7 Å². The van der Waals surface area contributed by atoms with Crippen LogP contribution < -0.4 is 4.74 Å². The van der Waals surface area contributed by atoms with Gasteiger partial charge >= 0.3 is 0 Å². The van der Waals surface area contributed by atoms with Crippen LogP contribution in [0.2, 0.25) is 5.02 Å². The maximum atomic E-state index is 13.6. The predicted molar refractivity (Wildman–Crippen MR) is 132 cm³/mol. The number of likely N-dealkylation sites (tertiary alicyclic amines) is 1. The van der Waals surface area contributed by atoms with Gasteiger partial charge in [0.15, 0.2) is 0 Å². The minimum absolute atomic E-state index is 0. The number of halogens is 4. The highest BCUT2D eigenvalue weighted by atomic mass is 35.5. The molecule has 0 aromatic heterocycles. The third-order valence-electron chi connectivity index (χ3n) is 6.96. The molecular weight excluding hydrogens is 479 g/mol. The number of ether oxygens (including phenoxy) is 2. The Hall–Kier alpha value is -2.18. The normalized spacial score (nSPS) is 19.7. The first kappa shape index (κ1) is 24.9. The second-order valence-corrected chi connectivity index (χ2v) is 9.34. The van der Waals surface area contributed by atoms with Gasteiger partial charge in [0.05, 0.1) is 12.6 Å². The molecule has 0 bridgehead atoms. The van der Waals surface area contributed by atoms with E-state index in [9.17, 15) is 8.78 Å². The zero-order chi connectivity index (χ0) is 23.0. The van der Waals surface area contributed by atoms with Crippen LogP contribution in [0.3, 0.4) is 0 Å². The largest absolute Gasteiger partial charge is 0.487 e. The lowest BCUT2D eigenvalue weighted by atomic mass is 9.84. The minimum atomic E-state index is -0.405. The molecule has 34 heavy (non-hydrogen) atoms. The van der Waals surface area contributed by atoms with Crippen LogP contribution in [0.15, 0.2) is 66.7 Å². The average molecular weight is 506 g/mol. The molecule has 0 radical (unpaired) electrons. The van der Waals surface area contributed by atoms with Gasteiger partial charge in [-0.15, -0.1) is 12.4 Å². The van der Waals surface area contributed by atoms with Gasteiger partial charge in [0, 0.05) is 23.7 Å². The molecule has 3 aromatic rings. The molecular formula is C27H27Cl2F2NO2. The number of piperidine rings is 1. The molecule has 2 heterocycles. The highest BCUT2D eigenvalue weighted by molar-refractivity contribution is 6.30. The van der Waals surface area contributed by atoms with Gasteiger partial charge in [-0.1, -0.05) is 35.9 Å². The number of fused-ring (bicyclic) bond motifs is 1. The molecule has 1 atom stereocenters. The Kier molecular flexibility index (Phi) is 7.48. The van der Waals surface area contributed by atoms with E-state index in [0.29, 0.717) is 11.6 Å². The van der Waals surface area contributed by atoms with Gasteiger partial charge in [0.1, 0.15) is 29.1 Å². The van der Waals surface area contributed by atoms with Crippen molar-refractivity contribution in [3.05, 3.63) is 100 Å². The fraction of sp³-hybridized carbons (Fsp3) is 0.333. The quantitative estimate of drug-likeness (QED) is 0.383. The van der Waals surface area contributed by atoms with E-state index in [0.717, 1.165) is 48.4 Å². The summed E-state index contributed by atoms with van der Waals surface area (Å²) in [5.41, 5.74) is 2.52. The van der Waals surface area contributed by atoms with Gasteiger partial charge in [-0.3, -0.25) is 4.90 Å². The lowest BCUT2D eigenvalue weighted by Crippen LogP contribution is -2.54. The summed E-state index contributed by atoms with van der Waals surface area (Å²) in [6.45, 7) is 4.06. The summed E-state index contributed by atoms with van der Waals surface area (Å²) >= 11 is 6.17. The molecule has 1 saturated heterocycles. The van der Waals surface area contributed by atoms with Crippen LogP contribution in [0.25, 0.3) is 0 Å². The lowest BCUT2D eigenvalue weighted by molar-refractivity contribution is -0.138. The summed E-state index contributed by atoms with van der Waals surface area (Å²) in [5, 5.41) is 0.667. The van der Waals surface area contributed by atoms with Gasteiger partial charge in [-0.25, -0.2) is 8.78 Å². The number of hydrogen-bond donors (Lipinski definition) is 0. The molecule has 3 aromatic carbocycles. The smallest absolute Gasteiger partial charge is 0.125 e.